The molecule has 0 saturated carbocycles. The van der Waals surface area contributed by atoms with E-state index in [1.54, 1.807) is 13.8 Å². The maximum Gasteiger partial charge on any atom is 0.348 e. The standard InChI is InChI=1S/C20H17N3O5S/c1-3-28-20(27)17-11(2)14(10-21)19(29-17)22-18(26)12-4-6-13(7-5-12)23-15(24)8-9-16(23)25/h4-7H,3,8-9H2,1-2H3,(H,22,26). The van der Waals surface area contributed by atoms with Gasteiger partial charge in [0, 0.05) is 18.4 Å². The van der Waals surface area contributed by atoms with Crippen LogP contribution in [0.5, 0.6) is 0 Å². The Morgan fingerprint density at radius 1 is 1.21 bits per heavy atom. The van der Waals surface area contributed by atoms with E-state index in [0.717, 1.165) is 16.2 Å². The van der Waals surface area contributed by atoms with E-state index < -0.39 is 11.9 Å². The van der Waals surface area contributed by atoms with Crippen LogP contribution >= 0.6 is 11.3 Å². The predicted octanol–water partition coefficient (Wildman–Crippen LogP) is 3.01. The zero-order valence-corrected chi connectivity index (χ0v) is 16.6. The van der Waals surface area contributed by atoms with Gasteiger partial charge in [0.1, 0.15) is 15.9 Å². The summed E-state index contributed by atoms with van der Waals surface area (Å²) in [7, 11) is 0. The lowest BCUT2D eigenvalue weighted by Gasteiger charge is -2.14. The largest absolute Gasteiger partial charge is 0.462 e. The minimum Gasteiger partial charge on any atom is -0.462 e. The smallest absolute Gasteiger partial charge is 0.348 e. The summed E-state index contributed by atoms with van der Waals surface area (Å²) in [5.41, 5.74) is 1.34. The SMILES string of the molecule is CCOC(=O)c1sc(NC(=O)c2ccc(N3C(=O)CCC3=O)cc2)c(C#N)c1C. The van der Waals surface area contributed by atoms with Gasteiger partial charge in [-0.2, -0.15) is 5.26 Å². The third-order valence-electron chi connectivity index (χ3n) is 4.39. The Morgan fingerprint density at radius 3 is 2.38 bits per heavy atom. The van der Waals surface area contributed by atoms with Crippen molar-refractivity contribution >= 4 is 45.7 Å². The summed E-state index contributed by atoms with van der Waals surface area (Å²) in [6.45, 7) is 3.51. The summed E-state index contributed by atoms with van der Waals surface area (Å²) >= 11 is 0.979. The maximum absolute atomic E-state index is 12.6. The quantitative estimate of drug-likeness (QED) is 0.597. The minimum absolute atomic E-state index is 0.179. The highest BCUT2D eigenvalue weighted by atomic mass is 32.1. The summed E-state index contributed by atoms with van der Waals surface area (Å²) in [6, 6.07) is 8.01. The van der Waals surface area contributed by atoms with Crippen molar-refractivity contribution < 1.29 is 23.9 Å². The molecule has 0 aliphatic carbocycles. The molecule has 1 aromatic carbocycles. The van der Waals surface area contributed by atoms with Gasteiger partial charge in [0.2, 0.25) is 11.8 Å². The molecule has 0 spiro atoms. The number of nitriles is 1. The molecule has 3 amide bonds. The zero-order chi connectivity index (χ0) is 21.1. The van der Waals surface area contributed by atoms with Crippen molar-refractivity contribution in [2.45, 2.75) is 26.7 Å². The van der Waals surface area contributed by atoms with E-state index in [1.165, 1.54) is 24.3 Å². The normalized spacial score (nSPS) is 13.3. The molecular formula is C20H17N3O5S. The van der Waals surface area contributed by atoms with E-state index >= 15 is 0 Å². The van der Waals surface area contributed by atoms with Crippen molar-refractivity contribution in [1.29, 1.82) is 5.26 Å². The van der Waals surface area contributed by atoms with E-state index in [-0.39, 0.29) is 52.3 Å². The highest BCUT2D eigenvalue weighted by Gasteiger charge is 2.30. The van der Waals surface area contributed by atoms with Gasteiger partial charge in [-0.15, -0.1) is 11.3 Å². The number of hydrogen-bond donors (Lipinski definition) is 1. The van der Waals surface area contributed by atoms with Gasteiger partial charge < -0.3 is 10.1 Å². The van der Waals surface area contributed by atoms with Crippen LogP contribution < -0.4 is 10.2 Å². The molecule has 0 radical (unpaired) electrons. The van der Waals surface area contributed by atoms with E-state index in [2.05, 4.69) is 5.32 Å². The van der Waals surface area contributed by atoms with Crippen LogP contribution in [-0.4, -0.2) is 30.3 Å². The van der Waals surface area contributed by atoms with Crippen LogP contribution in [0.1, 0.15) is 50.9 Å². The first-order valence-electron chi connectivity index (χ1n) is 8.85. The molecule has 8 nitrogen and oxygen atoms in total. The molecule has 1 aromatic heterocycles. The number of imide groups is 1. The van der Waals surface area contributed by atoms with Crippen molar-refractivity contribution in [1.82, 2.24) is 0 Å². The minimum atomic E-state index is -0.545. The Labute approximate surface area is 170 Å². The Hall–Kier alpha value is -3.51. The van der Waals surface area contributed by atoms with Crippen molar-refractivity contribution in [3.8, 4) is 6.07 Å². The molecule has 0 bridgehead atoms. The molecule has 3 rings (SSSR count). The van der Waals surface area contributed by atoms with Crippen LogP contribution in [0.2, 0.25) is 0 Å². The first-order chi connectivity index (χ1) is 13.9. The number of benzene rings is 1. The Balaban J connectivity index is 1.81. The van der Waals surface area contributed by atoms with Crippen molar-refractivity contribution in [3.63, 3.8) is 0 Å². The summed E-state index contributed by atoms with van der Waals surface area (Å²) in [5.74, 6) is -1.57. The molecule has 0 atom stereocenters. The van der Waals surface area contributed by atoms with Gasteiger partial charge in [-0.25, -0.2) is 4.79 Å². The second kappa shape index (κ2) is 8.24. The highest BCUT2D eigenvalue weighted by molar-refractivity contribution is 7.18. The number of hydrogen-bond acceptors (Lipinski definition) is 7. The number of thiophene rings is 1. The number of nitrogens with one attached hydrogen (secondary N) is 1. The lowest BCUT2D eigenvalue weighted by atomic mass is 10.1. The first-order valence-corrected chi connectivity index (χ1v) is 9.66. The third kappa shape index (κ3) is 3.88. The van der Waals surface area contributed by atoms with Gasteiger partial charge in [-0.1, -0.05) is 0 Å². The van der Waals surface area contributed by atoms with Crippen molar-refractivity contribution in [3.05, 3.63) is 45.8 Å². The Kier molecular flexibility index (Phi) is 5.75. The molecule has 1 N–H and O–H groups in total. The Bertz CT molecular complexity index is 1030. The average Bonchev–Trinajstić information content (AvgIpc) is 3.20. The summed E-state index contributed by atoms with van der Waals surface area (Å²) in [6.07, 6.45) is 0.358. The average molecular weight is 411 g/mol. The molecule has 0 unspecified atom stereocenters. The van der Waals surface area contributed by atoms with E-state index in [0.29, 0.717) is 11.3 Å². The number of carbonyl (C=O) groups is 4. The Morgan fingerprint density at radius 2 is 1.83 bits per heavy atom. The molecule has 1 aliphatic heterocycles. The molecule has 1 fully saturated rings. The van der Waals surface area contributed by atoms with Crippen molar-refractivity contribution in [2.24, 2.45) is 0 Å². The molecule has 1 saturated heterocycles. The fraction of sp³-hybridized carbons (Fsp3) is 0.250. The number of nitrogens with zero attached hydrogens (tertiary/aromatic N) is 2. The molecule has 2 aromatic rings. The molecule has 2 heterocycles. The summed E-state index contributed by atoms with van der Waals surface area (Å²) < 4.78 is 4.98. The lowest BCUT2D eigenvalue weighted by Crippen LogP contribution is -2.28. The third-order valence-corrected chi connectivity index (χ3v) is 5.57. The number of amides is 3. The molecule has 1 aliphatic rings. The van der Waals surface area contributed by atoms with Gasteiger partial charge in [-0.3, -0.25) is 19.3 Å². The van der Waals surface area contributed by atoms with Crippen molar-refractivity contribution in [2.75, 3.05) is 16.8 Å². The molecule has 148 valence electrons. The van der Waals surface area contributed by atoms with Crippen LogP contribution in [0.3, 0.4) is 0 Å². The molecule has 9 heteroatoms. The zero-order valence-electron chi connectivity index (χ0n) is 15.8. The topological polar surface area (TPSA) is 117 Å². The van der Waals surface area contributed by atoms with Gasteiger partial charge in [0.25, 0.3) is 5.91 Å². The maximum atomic E-state index is 12.6. The van der Waals surface area contributed by atoms with Crippen LogP contribution in [0.4, 0.5) is 10.7 Å². The first kappa shape index (κ1) is 20.2. The van der Waals surface area contributed by atoms with E-state index in [9.17, 15) is 24.4 Å². The van der Waals surface area contributed by atoms with Gasteiger partial charge in [-0.05, 0) is 43.7 Å². The lowest BCUT2D eigenvalue weighted by molar-refractivity contribution is -0.121. The summed E-state index contributed by atoms with van der Waals surface area (Å²) in [4.78, 5) is 49.6. The van der Waals surface area contributed by atoms with Gasteiger partial charge >= 0.3 is 5.97 Å². The second-order valence-corrected chi connectivity index (χ2v) is 7.24. The van der Waals surface area contributed by atoms with Crippen LogP contribution in [0.25, 0.3) is 0 Å². The van der Waals surface area contributed by atoms with E-state index in [1.807, 2.05) is 6.07 Å². The van der Waals surface area contributed by atoms with Gasteiger partial charge in [0.15, 0.2) is 0 Å². The molecular weight excluding hydrogens is 394 g/mol. The van der Waals surface area contributed by atoms with E-state index in [4.69, 9.17) is 4.74 Å². The monoisotopic (exact) mass is 411 g/mol. The predicted molar refractivity (Wildman–Crippen MR) is 106 cm³/mol. The highest BCUT2D eigenvalue weighted by Crippen LogP contribution is 2.33. The van der Waals surface area contributed by atoms with Crippen LogP contribution in [-0.2, 0) is 14.3 Å². The van der Waals surface area contributed by atoms with Crippen LogP contribution in [0, 0.1) is 18.3 Å². The van der Waals surface area contributed by atoms with Gasteiger partial charge in [0.05, 0.1) is 17.9 Å². The van der Waals surface area contributed by atoms with Crippen LogP contribution in [0.15, 0.2) is 24.3 Å². The fourth-order valence-corrected chi connectivity index (χ4v) is 3.98. The molecule has 29 heavy (non-hydrogen) atoms. The number of ether oxygens (including phenoxy) is 1. The fourth-order valence-electron chi connectivity index (χ4n) is 2.93. The summed E-state index contributed by atoms with van der Waals surface area (Å²) in [5, 5.41) is 12.3. The number of esters is 1. The number of anilines is 2. The number of carbonyl (C=O) groups excluding carboxylic acids is 4. The second-order valence-electron chi connectivity index (χ2n) is 6.22. The number of rotatable bonds is 5.